The normalized spacial score (nSPS) is 10.3. The van der Waals surface area contributed by atoms with Crippen LogP contribution in [0, 0.1) is 0 Å². The van der Waals surface area contributed by atoms with E-state index in [1.54, 1.807) is 18.9 Å². The summed E-state index contributed by atoms with van der Waals surface area (Å²) in [7, 11) is 1.67. The van der Waals surface area contributed by atoms with E-state index < -0.39 is 0 Å². The highest BCUT2D eigenvalue weighted by Gasteiger charge is 2.01. The summed E-state index contributed by atoms with van der Waals surface area (Å²) in [5, 5.41) is 3.39. The second-order valence-electron chi connectivity index (χ2n) is 4.05. The Morgan fingerprint density at radius 3 is 2.53 bits per heavy atom. The first-order valence-electron chi connectivity index (χ1n) is 5.93. The second-order valence-corrected chi connectivity index (χ2v) is 5.78. The lowest BCUT2D eigenvalue weighted by molar-refractivity contribution is 0.412. The molecule has 0 unspecified atom stereocenters. The highest BCUT2D eigenvalue weighted by molar-refractivity contribution is 9.10. The molecule has 2 nitrogen and oxygen atoms in total. The predicted molar refractivity (Wildman–Crippen MR) is 86.2 cm³/mol. The first-order chi connectivity index (χ1) is 9.22. The van der Waals surface area contributed by atoms with E-state index in [2.05, 4.69) is 51.8 Å². The Morgan fingerprint density at radius 2 is 1.89 bits per heavy atom. The molecule has 2 aromatic carbocycles. The van der Waals surface area contributed by atoms with Gasteiger partial charge in [0.05, 0.1) is 11.6 Å². The van der Waals surface area contributed by atoms with E-state index >= 15 is 0 Å². The Morgan fingerprint density at radius 1 is 1.16 bits per heavy atom. The highest BCUT2D eigenvalue weighted by Crippen LogP contribution is 2.28. The molecule has 4 heteroatoms. The van der Waals surface area contributed by atoms with Crippen LogP contribution in [0.4, 0.5) is 5.69 Å². The van der Waals surface area contributed by atoms with Crippen LogP contribution in [-0.2, 0) is 6.54 Å². The number of thioether (sulfide) groups is 1. The van der Waals surface area contributed by atoms with Crippen molar-refractivity contribution < 1.29 is 4.74 Å². The van der Waals surface area contributed by atoms with Crippen LogP contribution in [0.5, 0.6) is 5.75 Å². The van der Waals surface area contributed by atoms with Crippen molar-refractivity contribution in [2.45, 2.75) is 11.4 Å². The fraction of sp³-hybridized carbons (Fsp3) is 0.200. The number of ether oxygens (including phenoxy) is 1. The largest absolute Gasteiger partial charge is 0.495 e. The van der Waals surface area contributed by atoms with Gasteiger partial charge in [0.25, 0.3) is 0 Å². The second kappa shape index (κ2) is 6.87. The van der Waals surface area contributed by atoms with E-state index in [1.165, 1.54) is 10.5 Å². The van der Waals surface area contributed by atoms with Gasteiger partial charge >= 0.3 is 0 Å². The van der Waals surface area contributed by atoms with E-state index in [-0.39, 0.29) is 0 Å². The summed E-state index contributed by atoms with van der Waals surface area (Å²) in [6.07, 6.45) is 2.08. The number of benzene rings is 2. The molecule has 0 saturated heterocycles. The summed E-state index contributed by atoms with van der Waals surface area (Å²) in [5.74, 6) is 0.836. The van der Waals surface area contributed by atoms with Crippen molar-refractivity contribution in [3.63, 3.8) is 0 Å². The zero-order chi connectivity index (χ0) is 13.7. The maximum atomic E-state index is 5.28. The smallest absolute Gasteiger partial charge is 0.135 e. The maximum Gasteiger partial charge on any atom is 0.135 e. The van der Waals surface area contributed by atoms with Crippen LogP contribution >= 0.6 is 27.7 Å². The Balaban J connectivity index is 2.01. The van der Waals surface area contributed by atoms with Crippen molar-refractivity contribution in [2.24, 2.45) is 0 Å². The molecule has 100 valence electrons. The zero-order valence-corrected chi connectivity index (χ0v) is 13.3. The van der Waals surface area contributed by atoms with Crippen molar-refractivity contribution in [1.29, 1.82) is 0 Å². The van der Waals surface area contributed by atoms with Crippen molar-refractivity contribution in [2.75, 3.05) is 18.7 Å². The van der Waals surface area contributed by atoms with Crippen LogP contribution in [0.2, 0.25) is 0 Å². The fourth-order valence-electron chi connectivity index (χ4n) is 1.72. The van der Waals surface area contributed by atoms with Gasteiger partial charge in [-0.2, -0.15) is 0 Å². The van der Waals surface area contributed by atoms with Gasteiger partial charge < -0.3 is 10.1 Å². The number of nitrogens with one attached hydrogen (secondary N) is 1. The summed E-state index contributed by atoms with van der Waals surface area (Å²) in [6.45, 7) is 0.805. The third-order valence-corrected chi connectivity index (χ3v) is 4.21. The molecular formula is C15H16BrNOS. The number of methoxy groups -OCH3 is 1. The molecule has 0 aliphatic carbocycles. The van der Waals surface area contributed by atoms with E-state index in [9.17, 15) is 0 Å². The molecule has 0 aromatic heterocycles. The molecule has 0 radical (unpaired) electrons. The number of rotatable bonds is 5. The Labute approximate surface area is 126 Å². The van der Waals surface area contributed by atoms with Gasteiger partial charge in [0.2, 0.25) is 0 Å². The SMILES string of the molecule is COc1cc(NCc2ccc(SC)cc2)ccc1Br. The summed E-state index contributed by atoms with van der Waals surface area (Å²) in [4.78, 5) is 1.29. The average molecular weight is 338 g/mol. The summed E-state index contributed by atoms with van der Waals surface area (Å²) < 4.78 is 6.24. The molecule has 0 aliphatic rings. The van der Waals surface area contributed by atoms with E-state index in [4.69, 9.17) is 4.74 Å². The standard InChI is InChI=1S/C15H16BrNOS/c1-18-15-9-12(5-8-14(15)16)17-10-11-3-6-13(19-2)7-4-11/h3-9,17H,10H2,1-2H3. The topological polar surface area (TPSA) is 21.3 Å². The minimum absolute atomic E-state index is 0.805. The molecule has 0 heterocycles. The molecule has 0 amide bonds. The van der Waals surface area contributed by atoms with Gasteiger partial charge in [-0.3, -0.25) is 0 Å². The molecule has 2 aromatic rings. The third-order valence-electron chi connectivity index (χ3n) is 2.81. The highest BCUT2D eigenvalue weighted by atomic mass is 79.9. The van der Waals surface area contributed by atoms with Gasteiger partial charge in [0.1, 0.15) is 5.75 Å². The Bertz CT molecular complexity index is 542. The lowest BCUT2D eigenvalue weighted by Crippen LogP contribution is -1.99. The van der Waals surface area contributed by atoms with Gasteiger partial charge in [-0.1, -0.05) is 12.1 Å². The first kappa shape index (κ1) is 14.3. The maximum absolute atomic E-state index is 5.28. The van der Waals surface area contributed by atoms with Crippen LogP contribution < -0.4 is 10.1 Å². The monoisotopic (exact) mass is 337 g/mol. The molecular weight excluding hydrogens is 322 g/mol. The van der Waals surface area contributed by atoms with Crippen LogP contribution in [0.3, 0.4) is 0 Å². The van der Waals surface area contributed by atoms with Gasteiger partial charge in [-0.05, 0) is 52.0 Å². The first-order valence-corrected chi connectivity index (χ1v) is 7.95. The zero-order valence-electron chi connectivity index (χ0n) is 10.9. The molecule has 2 rings (SSSR count). The predicted octanol–water partition coefficient (Wildman–Crippen LogP) is 4.79. The van der Waals surface area contributed by atoms with Crippen LogP contribution in [0.25, 0.3) is 0 Å². The molecule has 0 fully saturated rings. The van der Waals surface area contributed by atoms with Crippen molar-refractivity contribution >= 4 is 33.4 Å². The Hall–Kier alpha value is -1.13. The van der Waals surface area contributed by atoms with E-state index in [0.717, 1.165) is 22.5 Å². The van der Waals surface area contributed by atoms with Crippen LogP contribution in [0.15, 0.2) is 51.8 Å². The number of halogens is 1. The van der Waals surface area contributed by atoms with Gasteiger partial charge in [0.15, 0.2) is 0 Å². The van der Waals surface area contributed by atoms with Crippen LogP contribution in [0.1, 0.15) is 5.56 Å². The third kappa shape index (κ3) is 3.91. The Kier molecular flexibility index (Phi) is 5.16. The average Bonchev–Trinajstić information content (AvgIpc) is 2.47. The van der Waals surface area contributed by atoms with Crippen molar-refractivity contribution in [3.05, 3.63) is 52.5 Å². The van der Waals surface area contributed by atoms with Gasteiger partial charge in [-0.15, -0.1) is 11.8 Å². The summed E-state index contributed by atoms with van der Waals surface area (Å²) in [6, 6.07) is 14.6. The van der Waals surface area contributed by atoms with Gasteiger partial charge in [0, 0.05) is 23.2 Å². The van der Waals surface area contributed by atoms with Crippen molar-refractivity contribution in [3.8, 4) is 5.75 Å². The minimum atomic E-state index is 0.805. The van der Waals surface area contributed by atoms with E-state index in [0.29, 0.717) is 0 Å². The molecule has 19 heavy (non-hydrogen) atoms. The van der Waals surface area contributed by atoms with Crippen molar-refractivity contribution in [1.82, 2.24) is 0 Å². The van der Waals surface area contributed by atoms with Crippen LogP contribution in [-0.4, -0.2) is 13.4 Å². The number of anilines is 1. The number of hydrogen-bond donors (Lipinski definition) is 1. The minimum Gasteiger partial charge on any atom is -0.495 e. The fourth-order valence-corrected chi connectivity index (χ4v) is 2.53. The molecule has 0 bridgehead atoms. The summed E-state index contributed by atoms with van der Waals surface area (Å²) in [5.41, 5.74) is 2.31. The molecule has 0 saturated carbocycles. The molecule has 0 atom stereocenters. The molecule has 0 aliphatic heterocycles. The molecule has 0 spiro atoms. The lowest BCUT2D eigenvalue weighted by atomic mass is 10.2. The lowest BCUT2D eigenvalue weighted by Gasteiger charge is -2.10. The van der Waals surface area contributed by atoms with E-state index in [1.807, 2.05) is 18.2 Å². The quantitative estimate of drug-likeness (QED) is 0.792. The molecule has 1 N–H and O–H groups in total. The number of hydrogen-bond acceptors (Lipinski definition) is 3. The van der Waals surface area contributed by atoms with Gasteiger partial charge in [-0.25, -0.2) is 0 Å². The summed E-state index contributed by atoms with van der Waals surface area (Å²) >= 11 is 5.20.